The van der Waals surface area contributed by atoms with E-state index in [1.54, 1.807) is 19.1 Å². The Morgan fingerprint density at radius 1 is 1.26 bits per heavy atom. The first-order valence-electron chi connectivity index (χ1n) is 5.76. The molecule has 0 saturated heterocycles. The van der Waals surface area contributed by atoms with Crippen LogP contribution >= 0.6 is 11.6 Å². The molecule has 0 radical (unpaired) electrons. The van der Waals surface area contributed by atoms with Gasteiger partial charge in [-0.25, -0.2) is 9.78 Å². The fraction of sp³-hybridized carbons (Fsp3) is 0.143. The van der Waals surface area contributed by atoms with Gasteiger partial charge in [0.2, 0.25) is 0 Å². The molecule has 0 bridgehead atoms. The number of benzene rings is 1. The normalized spacial score (nSPS) is 10.0. The van der Waals surface area contributed by atoms with Crippen molar-refractivity contribution >= 4 is 23.4 Å². The van der Waals surface area contributed by atoms with E-state index in [2.05, 4.69) is 10.3 Å². The van der Waals surface area contributed by atoms with Crippen LogP contribution in [0.5, 0.6) is 0 Å². The average molecular weight is 277 g/mol. The number of pyridine rings is 1. The van der Waals surface area contributed by atoms with Gasteiger partial charge in [-0.15, -0.1) is 0 Å². The zero-order valence-electron chi connectivity index (χ0n) is 10.4. The monoisotopic (exact) mass is 276 g/mol. The highest BCUT2D eigenvalue weighted by molar-refractivity contribution is 6.29. The maximum atomic E-state index is 11.6. The summed E-state index contributed by atoms with van der Waals surface area (Å²) in [4.78, 5) is 15.7. The number of aryl methyl sites for hydroxylation is 1. The number of carbonyl (C=O) groups is 1. The van der Waals surface area contributed by atoms with Gasteiger partial charge in [0.15, 0.2) is 0 Å². The van der Waals surface area contributed by atoms with E-state index in [9.17, 15) is 4.79 Å². The number of hydrogen-bond donors (Lipinski definition) is 1. The van der Waals surface area contributed by atoms with Crippen LogP contribution in [0.2, 0.25) is 5.15 Å². The fourth-order valence-electron chi connectivity index (χ4n) is 1.53. The van der Waals surface area contributed by atoms with Gasteiger partial charge in [-0.1, -0.05) is 41.9 Å². The SMILES string of the molecule is Cc1nc(Cl)ccc1NC(=O)OCc1ccccc1. The predicted molar refractivity (Wildman–Crippen MR) is 74.2 cm³/mol. The number of anilines is 1. The Balaban J connectivity index is 1.91. The van der Waals surface area contributed by atoms with Crippen molar-refractivity contribution in [3.8, 4) is 0 Å². The molecule has 0 spiro atoms. The van der Waals surface area contributed by atoms with E-state index in [-0.39, 0.29) is 6.61 Å². The van der Waals surface area contributed by atoms with Gasteiger partial charge in [-0.3, -0.25) is 5.32 Å². The zero-order chi connectivity index (χ0) is 13.7. The van der Waals surface area contributed by atoms with Crippen LogP contribution in [0, 0.1) is 6.92 Å². The lowest BCUT2D eigenvalue weighted by Gasteiger charge is -2.08. The highest BCUT2D eigenvalue weighted by Crippen LogP contribution is 2.16. The van der Waals surface area contributed by atoms with Crippen molar-refractivity contribution in [3.05, 3.63) is 58.9 Å². The van der Waals surface area contributed by atoms with Crippen LogP contribution in [0.1, 0.15) is 11.3 Å². The number of nitrogens with one attached hydrogen (secondary N) is 1. The molecule has 1 aromatic heterocycles. The molecule has 1 aromatic carbocycles. The molecule has 19 heavy (non-hydrogen) atoms. The van der Waals surface area contributed by atoms with E-state index < -0.39 is 6.09 Å². The minimum absolute atomic E-state index is 0.229. The Kier molecular flexibility index (Phi) is 4.36. The molecule has 1 heterocycles. The maximum absolute atomic E-state index is 11.6. The summed E-state index contributed by atoms with van der Waals surface area (Å²) in [5, 5.41) is 3.01. The van der Waals surface area contributed by atoms with E-state index in [1.165, 1.54) is 0 Å². The molecule has 0 aliphatic rings. The standard InChI is InChI=1S/C14H13ClN2O2/c1-10-12(7-8-13(15)16-10)17-14(18)19-9-11-5-3-2-4-6-11/h2-8H,9H2,1H3,(H,17,18). The van der Waals surface area contributed by atoms with Crippen LogP contribution in [-0.2, 0) is 11.3 Å². The molecule has 0 saturated carbocycles. The summed E-state index contributed by atoms with van der Waals surface area (Å²) < 4.78 is 5.11. The number of aromatic nitrogens is 1. The summed E-state index contributed by atoms with van der Waals surface area (Å²) in [6, 6.07) is 12.8. The maximum Gasteiger partial charge on any atom is 0.412 e. The molecular formula is C14H13ClN2O2. The molecule has 0 aliphatic carbocycles. The Morgan fingerprint density at radius 2 is 2.00 bits per heavy atom. The van der Waals surface area contributed by atoms with Crippen LogP contribution in [-0.4, -0.2) is 11.1 Å². The molecule has 5 heteroatoms. The summed E-state index contributed by atoms with van der Waals surface area (Å²) >= 11 is 5.74. The minimum Gasteiger partial charge on any atom is -0.444 e. The van der Waals surface area contributed by atoms with Crippen LogP contribution in [0.4, 0.5) is 10.5 Å². The average Bonchev–Trinajstić information content (AvgIpc) is 2.41. The van der Waals surface area contributed by atoms with Crippen molar-refractivity contribution in [3.63, 3.8) is 0 Å². The van der Waals surface area contributed by atoms with E-state index in [4.69, 9.17) is 16.3 Å². The summed E-state index contributed by atoms with van der Waals surface area (Å²) in [6.45, 7) is 1.99. The Labute approximate surface area is 116 Å². The van der Waals surface area contributed by atoms with Gasteiger partial charge in [0.25, 0.3) is 0 Å². The lowest BCUT2D eigenvalue weighted by Crippen LogP contribution is -2.14. The van der Waals surface area contributed by atoms with E-state index in [0.717, 1.165) is 5.56 Å². The van der Waals surface area contributed by atoms with Gasteiger partial charge in [-0.05, 0) is 24.6 Å². The van der Waals surface area contributed by atoms with Crippen LogP contribution < -0.4 is 5.32 Å². The zero-order valence-corrected chi connectivity index (χ0v) is 11.1. The quantitative estimate of drug-likeness (QED) is 0.868. The van der Waals surface area contributed by atoms with Gasteiger partial charge in [0.1, 0.15) is 11.8 Å². The lowest BCUT2D eigenvalue weighted by atomic mass is 10.2. The summed E-state index contributed by atoms with van der Waals surface area (Å²) in [5.74, 6) is 0. The van der Waals surface area contributed by atoms with Gasteiger partial charge >= 0.3 is 6.09 Å². The molecule has 2 rings (SSSR count). The number of rotatable bonds is 3. The van der Waals surface area contributed by atoms with Gasteiger partial charge in [0, 0.05) is 0 Å². The molecule has 4 nitrogen and oxygen atoms in total. The second-order valence-corrected chi connectivity index (χ2v) is 4.34. The molecule has 0 atom stereocenters. The topological polar surface area (TPSA) is 51.2 Å². The van der Waals surface area contributed by atoms with Crippen LogP contribution in [0.25, 0.3) is 0 Å². The van der Waals surface area contributed by atoms with Gasteiger partial charge in [0.05, 0.1) is 11.4 Å². The minimum atomic E-state index is -0.518. The summed E-state index contributed by atoms with van der Waals surface area (Å²) in [5.41, 5.74) is 2.16. The van der Waals surface area contributed by atoms with Gasteiger partial charge < -0.3 is 4.74 Å². The van der Waals surface area contributed by atoms with E-state index in [0.29, 0.717) is 16.5 Å². The highest BCUT2D eigenvalue weighted by atomic mass is 35.5. The molecule has 1 amide bonds. The molecule has 2 aromatic rings. The molecular weight excluding hydrogens is 264 g/mol. The van der Waals surface area contributed by atoms with Crippen molar-refractivity contribution in [2.45, 2.75) is 13.5 Å². The number of amides is 1. The summed E-state index contributed by atoms with van der Waals surface area (Å²) in [6.07, 6.45) is -0.518. The van der Waals surface area contributed by atoms with E-state index in [1.807, 2.05) is 30.3 Å². The number of hydrogen-bond acceptors (Lipinski definition) is 3. The molecule has 0 unspecified atom stereocenters. The Bertz CT molecular complexity index is 573. The molecule has 0 aliphatic heterocycles. The number of carbonyl (C=O) groups excluding carboxylic acids is 1. The third-order valence-electron chi connectivity index (χ3n) is 2.50. The van der Waals surface area contributed by atoms with Crippen molar-refractivity contribution < 1.29 is 9.53 Å². The number of ether oxygens (including phenoxy) is 1. The Hall–Kier alpha value is -2.07. The van der Waals surface area contributed by atoms with Crippen molar-refractivity contribution in [2.24, 2.45) is 0 Å². The van der Waals surface area contributed by atoms with Gasteiger partial charge in [-0.2, -0.15) is 0 Å². The highest BCUT2D eigenvalue weighted by Gasteiger charge is 2.07. The lowest BCUT2D eigenvalue weighted by molar-refractivity contribution is 0.155. The number of nitrogens with zero attached hydrogens (tertiary/aromatic N) is 1. The van der Waals surface area contributed by atoms with Crippen molar-refractivity contribution in [1.82, 2.24) is 4.98 Å². The molecule has 98 valence electrons. The van der Waals surface area contributed by atoms with E-state index >= 15 is 0 Å². The second-order valence-electron chi connectivity index (χ2n) is 3.95. The van der Waals surface area contributed by atoms with Crippen LogP contribution in [0.15, 0.2) is 42.5 Å². The molecule has 1 N–H and O–H groups in total. The van der Waals surface area contributed by atoms with Crippen molar-refractivity contribution in [2.75, 3.05) is 5.32 Å². The second kappa shape index (κ2) is 6.20. The van der Waals surface area contributed by atoms with Crippen LogP contribution in [0.3, 0.4) is 0 Å². The first kappa shape index (κ1) is 13.4. The third kappa shape index (κ3) is 3.96. The third-order valence-corrected chi connectivity index (χ3v) is 2.71. The Morgan fingerprint density at radius 3 is 2.68 bits per heavy atom. The molecule has 0 fully saturated rings. The summed E-state index contributed by atoms with van der Waals surface area (Å²) in [7, 11) is 0. The predicted octanol–water partition coefficient (Wildman–Crippen LogP) is 3.79. The number of halogens is 1. The van der Waals surface area contributed by atoms with Crippen molar-refractivity contribution in [1.29, 1.82) is 0 Å². The fourth-order valence-corrected chi connectivity index (χ4v) is 1.72. The largest absolute Gasteiger partial charge is 0.444 e. The first-order valence-corrected chi connectivity index (χ1v) is 6.14. The smallest absolute Gasteiger partial charge is 0.412 e. The first-order chi connectivity index (χ1) is 9.15.